The van der Waals surface area contributed by atoms with Gasteiger partial charge in [-0.3, -0.25) is 14.3 Å². The number of carbonyl (C=O) groups excluding carboxylic acids is 2. The zero-order valence-electron chi connectivity index (χ0n) is 18.6. The molecule has 0 spiro atoms. The topological polar surface area (TPSA) is 67.2 Å². The van der Waals surface area contributed by atoms with Gasteiger partial charge in [-0.1, -0.05) is 13.8 Å². The number of thioether (sulfide) groups is 1. The van der Waals surface area contributed by atoms with Crippen molar-refractivity contribution in [2.75, 3.05) is 29.9 Å². The molecule has 1 aliphatic heterocycles. The standard InChI is InChI=1S/C23H32N4O2S/c1-15(2)14-27-18(5)20(17(4)25-27)13-22(28)24-21-7-6-19(12-16(21)3)23(29)26-8-10-30-11-9-26/h6-7,12,15H,8-11,13-14H2,1-5H3,(H,24,28). The lowest BCUT2D eigenvalue weighted by atomic mass is 10.1. The third-order valence-corrected chi connectivity index (χ3v) is 6.40. The molecule has 6 nitrogen and oxygen atoms in total. The van der Waals surface area contributed by atoms with Crippen LogP contribution in [-0.4, -0.2) is 51.1 Å². The first kappa shape index (κ1) is 22.4. The van der Waals surface area contributed by atoms with Gasteiger partial charge >= 0.3 is 0 Å². The minimum atomic E-state index is -0.0690. The van der Waals surface area contributed by atoms with Crippen LogP contribution < -0.4 is 5.32 Å². The van der Waals surface area contributed by atoms with Crippen molar-refractivity contribution in [3.8, 4) is 0 Å². The number of anilines is 1. The van der Waals surface area contributed by atoms with Gasteiger partial charge in [0, 0.05) is 53.6 Å². The first-order valence-corrected chi connectivity index (χ1v) is 11.7. The van der Waals surface area contributed by atoms with Crippen LogP contribution in [0.25, 0.3) is 0 Å². The highest BCUT2D eigenvalue weighted by atomic mass is 32.2. The van der Waals surface area contributed by atoms with Crippen LogP contribution in [0.3, 0.4) is 0 Å². The Hall–Kier alpha value is -2.28. The van der Waals surface area contributed by atoms with Crippen LogP contribution in [0, 0.1) is 26.7 Å². The Morgan fingerprint density at radius 2 is 1.87 bits per heavy atom. The van der Waals surface area contributed by atoms with Crippen molar-refractivity contribution in [1.29, 1.82) is 0 Å². The quantitative estimate of drug-likeness (QED) is 0.759. The van der Waals surface area contributed by atoms with Crippen LogP contribution in [0.2, 0.25) is 0 Å². The Kier molecular flexibility index (Phi) is 7.23. The number of hydrogen-bond acceptors (Lipinski definition) is 4. The van der Waals surface area contributed by atoms with Crippen molar-refractivity contribution in [2.45, 2.75) is 47.6 Å². The summed E-state index contributed by atoms with van der Waals surface area (Å²) in [4.78, 5) is 27.3. The Bertz CT molecular complexity index is 930. The van der Waals surface area contributed by atoms with E-state index < -0.39 is 0 Å². The Morgan fingerprint density at radius 1 is 1.17 bits per heavy atom. The number of aryl methyl sites for hydroxylation is 2. The van der Waals surface area contributed by atoms with Crippen LogP contribution >= 0.6 is 11.8 Å². The lowest BCUT2D eigenvalue weighted by Gasteiger charge is -2.26. The van der Waals surface area contributed by atoms with Crippen molar-refractivity contribution >= 4 is 29.3 Å². The fourth-order valence-corrected chi connectivity index (χ4v) is 4.66. The van der Waals surface area contributed by atoms with Gasteiger partial charge in [-0.15, -0.1) is 0 Å². The van der Waals surface area contributed by atoms with Crippen molar-refractivity contribution in [3.05, 3.63) is 46.3 Å². The molecule has 7 heteroatoms. The molecule has 0 bridgehead atoms. The highest BCUT2D eigenvalue weighted by Crippen LogP contribution is 2.21. The van der Waals surface area contributed by atoms with Gasteiger partial charge in [-0.25, -0.2) is 0 Å². The molecule has 162 valence electrons. The molecule has 2 aromatic rings. The van der Waals surface area contributed by atoms with Gasteiger partial charge in [-0.05, 0) is 50.5 Å². The van der Waals surface area contributed by atoms with E-state index in [-0.39, 0.29) is 11.8 Å². The van der Waals surface area contributed by atoms with E-state index in [4.69, 9.17) is 0 Å². The molecule has 0 radical (unpaired) electrons. The summed E-state index contributed by atoms with van der Waals surface area (Å²) in [6.07, 6.45) is 0.293. The molecule has 1 saturated heterocycles. The molecular formula is C23H32N4O2S. The van der Waals surface area contributed by atoms with E-state index in [2.05, 4.69) is 24.3 Å². The summed E-state index contributed by atoms with van der Waals surface area (Å²) in [5.74, 6) is 2.48. The molecule has 3 rings (SSSR count). The smallest absolute Gasteiger partial charge is 0.253 e. The lowest BCUT2D eigenvalue weighted by Crippen LogP contribution is -2.37. The van der Waals surface area contributed by atoms with Crippen LogP contribution in [0.1, 0.15) is 46.7 Å². The summed E-state index contributed by atoms with van der Waals surface area (Å²) in [5, 5.41) is 7.60. The molecule has 2 amide bonds. The number of aromatic nitrogens is 2. The van der Waals surface area contributed by atoms with Crippen molar-refractivity contribution in [1.82, 2.24) is 14.7 Å². The Balaban J connectivity index is 1.67. The van der Waals surface area contributed by atoms with E-state index in [1.807, 2.05) is 60.3 Å². The molecule has 0 atom stereocenters. The van der Waals surface area contributed by atoms with E-state index in [9.17, 15) is 9.59 Å². The van der Waals surface area contributed by atoms with Gasteiger partial charge in [0.25, 0.3) is 5.91 Å². The zero-order chi connectivity index (χ0) is 21.8. The van der Waals surface area contributed by atoms with Crippen molar-refractivity contribution in [2.24, 2.45) is 5.92 Å². The number of hydrogen-bond donors (Lipinski definition) is 1. The van der Waals surface area contributed by atoms with Gasteiger partial charge < -0.3 is 10.2 Å². The summed E-state index contributed by atoms with van der Waals surface area (Å²) < 4.78 is 1.99. The van der Waals surface area contributed by atoms with Gasteiger partial charge in [-0.2, -0.15) is 16.9 Å². The molecule has 0 unspecified atom stereocenters. The highest BCUT2D eigenvalue weighted by Gasteiger charge is 2.20. The monoisotopic (exact) mass is 428 g/mol. The predicted molar refractivity (Wildman–Crippen MR) is 123 cm³/mol. The predicted octanol–water partition coefficient (Wildman–Crippen LogP) is 3.83. The second-order valence-corrected chi connectivity index (χ2v) is 9.61. The number of carbonyl (C=O) groups is 2. The van der Waals surface area contributed by atoms with Crippen LogP contribution in [0.15, 0.2) is 18.2 Å². The van der Waals surface area contributed by atoms with E-state index in [1.165, 1.54) is 0 Å². The minimum Gasteiger partial charge on any atom is -0.337 e. The maximum absolute atomic E-state index is 12.7. The fourth-order valence-electron chi connectivity index (χ4n) is 3.75. The van der Waals surface area contributed by atoms with Gasteiger partial charge in [0.15, 0.2) is 0 Å². The molecule has 1 aliphatic rings. The maximum atomic E-state index is 12.7. The first-order chi connectivity index (χ1) is 14.3. The third-order valence-electron chi connectivity index (χ3n) is 5.45. The summed E-state index contributed by atoms with van der Waals surface area (Å²) in [6.45, 7) is 12.7. The minimum absolute atomic E-state index is 0.0690. The zero-order valence-corrected chi connectivity index (χ0v) is 19.4. The molecule has 1 aromatic heterocycles. The SMILES string of the molecule is Cc1cc(C(=O)N2CCSCC2)ccc1NC(=O)Cc1c(C)nn(CC(C)C)c1C. The number of benzene rings is 1. The molecule has 2 heterocycles. The second kappa shape index (κ2) is 9.69. The Morgan fingerprint density at radius 3 is 2.50 bits per heavy atom. The summed E-state index contributed by atoms with van der Waals surface area (Å²) in [7, 11) is 0. The third kappa shape index (κ3) is 5.25. The average Bonchev–Trinajstić information content (AvgIpc) is 2.96. The van der Waals surface area contributed by atoms with Gasteiger partial charge in [0.2, 0.25) is 5.91 Å². The van der Waals surface area contributed by atoms with E-state index in [1.54, 1.807) is 0 Å². The normalized spacial score (nSPS) is 14.3. The summed E-state index contributed by atoms with van der Waals surface area (Å²) in [6, 6.07) is 5.52. The van der Waals surface area contributed by atoms with Crippen molar-refractivity contribution < 1.29 is 9.59 Å². The van der Waals surface area contributed by atoms with Gasteiger partial charge in [0.05, 0.1) is 12.1 Å². The Labute approximate surface area is 183 Å². The highest BCUT2D eigenvalue weighted by molar-refractivity contribution is 7.99. The molecule has 1 N–H and O–H groups in total. The van der Waals surface area contributed by atoms with Crippen LogP contribution in [-0.2, 0) is 17.8 Å². The molecule has 0 aliphatic carbocycles. The summed E-state index contributed by atoms with van der Waals surface area (Å²) in [5.41, 5.74) is 5.26. The number of rotatable bonds is 6. The van der Waals surface area contributed by atoms with Crippen LogP contribution in [0.5, 0.6) is 0 Å². The number of nitrogens with one attached hydrogen (secondary N) is 1. The largest absolute Gasteiger partial charge is 0.337 e. The number of nitrogens with zero attached hydrogens (tertiary/aromatic N) is 3. The maximum Gasteiger partial charge on any atom is 0.253 e. The molecule has 1 fully saturated rings. The summed E-state index contributed by atoms with van der Waals surface area (Å²) >= 11 is 1.88. The van der Waals surface area contributed by atoms with Gasteiger partial charge in [0.1, 0.15) is 0 Å². The molecule has 1 aromatic carbocycles. The van der Waals surface area contributed by atoms with E-state index in [0.29, 0.717) is 17.9 Å². The van der Waals surface area contributed by atoms with E-state index >= 15 is 0 Å². The number of amides is 2. The molecule has 30 heavy (non-hydrogen) atoms. The molecular weight excluding hydrogens is 396 g/mol. The van der Waals surface area contributed by atoms with Crippen LogP contribution in [0.4, 0.5) is 5.69 Å². The van der Waals surface area contributed by atoms with Crippen molar-refractivity contribution in [3.63, 3.8) is 0 Å². The second-order valence-electron chi connectivity index (χ2n) is 8.38. The fraction of sp³-hybridized carbons (Fsp3) is 0.522. The average molecular weight is 429 g/mol. The first-order valence-electron chi connectivity index (χ1n) is 10.6. The lowest BCUT2D eigenvalue weighted by molar-refractivity contribution is -0.115. The van der Waals surface area contributed by atoms with E-state index in [0.717, 1.165) is 59.3 Å². The molecule has 0 saturated carbocycles.